The van der Waals surface area contributed by atoms with Crippen molar-refractivity contribution in [2.75, 3.05) is 10.7 Å². The van der Waals surface area contributed by atoms with Crippen molar-refractivity contribution in [2.45, 2.75) is 0 Å². The number of rotatable bonds is 3. The highest BCUT2D eigenvalue weighted by Crippen LogP contribution is 2.22. The first-order valence-corrected chi connectivity index (χ1v) is 4.81. The van der Waals surface area contributed by atoms with Crippen molar-refractivity contribution >= 4 is 17.3 Å². The molecule has 0 unspecified atom stereocenters. The maximum atomic E-state index is 13.4. The zero-order valence-corrected chi connectivity index (χ0v) is 8.92. The van der Waals surface area contributed by atoms with Gasteiger partial charge < -0.3 is 10.7 Å². The molecule has 2 aromatic rings. The van der Waals surface area contributed by atoms with Gasteiger partial charge in [-0.25, -0.2) is 24.0 Å². The third-order valence-corrected chi connectivity index (χ3v) is 2.08. The normalized spacial score (nSPS) is 10.2. The number of hydrogen-bond donors (Lipinski definition) is 3. The highest BCUT2D eigenvalue weighted by atomic mass is 19.2. The summed E-state index contributed by atoms with van der Waals surface area (Å²) in [6.45, 7) is 0. The number of nitrogens with one attached hydrogen (secondary N) is 2. The van der Waals surface area contributed by atoms with E-state index in [9.17, 15) is 13.2 Å². The second-order valence-electron chi connectivity index (χ2n) is 3.28. The van der Waals surface area contributed by atoms with Crippen LogP contribution in [0.3, 0.4) is 0 Å². The number of hydrazine groups is 1. The zero-order chi connectivity index (χ0) is 13.1. The Morgan fingerprint density at radius 2 is 1.72 bits per heavy atom. The van der Waals surface area contributed by atoms with Gasteiger partial charge in [0, 0.05) is 0 Å². The van der Waals surface area contributed by atoms with Crippen LogP contribution in [0.1, 0.15) is 0 Å². The highest BCUT2D eigenvalue weighted by molar-refractivity contribution is 5.57. The van der Waals surface area contributed by atoms with Gasteiger partial charge in [0.15, 0.2) is 29.1 Å². The second kappa shape index (κ2) is 4.88. The molecule has 0 fully saturated rings. The molecular formula is C10H8F3N5. The quantitative estimate of drug-likeness (QED) is 0.444. The molecule has 0 bridgehead atoms. The maximum absolute atomic E-state index is 13.4. The van der Waals surface area contributed by atoms with Crippen LogP contribution in [0.4, 0.5) is 30.5 Å². The molecule has 18 heavy (non-hydrogen) atoms. The number of nitrogens with zero attached hydrogens (tertiary/aromatic N) is 2. The van der Waals surface area contributed by atoms with E-state index in [1.54, 1.807) is 0 Å². The Morgan fingerprint density at radius 3 is 2.44 bits per heavy atom. The van der Waals surface area contributed by atoms with Crippen molar-refractivity contribution in [2.24, 2.45) is 5.84 Å². The largest absolute Gasteiger partial charge is 0.336 e. The van der Waals surface area contributed by atoms with Gasteiger partial charge >= 0.3 is 0 Å². The number of nitrogens with two attached hydrogens (primary N) is 1. The topological polar surface area (TPSA) is 75.9 Å². The first-order chi connectivity index (χ1) is 8.61. The van der Waals surface area contributed by atoms with Crippen molar-refractivity contribution < 1.29 is 13.2 Å². The molecule has 5 nitrogen and oxygen atoms in total. The molecule has 0 saturated heterocycles. The van der Waals surface area contributed by atoms with Crippen LogP contribution in [0, 0.1) is 17.5 Å². The summed E-state index contributed by atoms with van der Waals surface area (Å²) >= 11 is 0. The van der Waals surface area contributed by atoms with Gasteiger partial charge in [-0.15, -0.1) is 0 Å². The van der Waals surface area contributed by atoms with Gasteiger partial charge in [-0.05, 0) is 12.1 Å². The molecule has 0 aliphatic heterocycles. The molecule has 0 amide bonds. The van der Waals surface area contributed by atoms with Crippen LogP contribution >= 0.6 is 0 Å². The zero-order valence-electron chi connectivity index (χ0n) is 8.92. The van der Waals surface area contributed by atoms with Crippen LogP contribution in [0.5, 0.6) is 0 Å². The second-order valence-corrected chi connectivity index (χ2v) is 3.28. The summed E-state index contributed by atoms with van der Waals surface area (Å²) in [6, 6.07) is 1.86. The summed E-state index contributed by atoms with van der Waals surface area (Å²) in [5.74, 6) is 1.35. The lowest BCUT2D eigenvalue weighted by Gasteiger charge is -2.08. The monoisotopic (exact) mass is 255 g/mol. The molecule has 0 saturated carbocycles. The lowest BCUT2D eigenvalue weighted by atomic mass is 10.3. The molecule has 0 spiro atoms. The van der Waals surface area contributed by atoms with E-state index >= 15 is 0 Å². The molecule has 1 aromatic carbocycles. The van der Waals surface area contributed by atoms with E-state index < -0.39 is 17.5 Å². The van der Waals surface area contributed by atoms with Crippen LogP contribution in [0.15, 0.2) is 24.5 Å². The van der Waals surface area contributed by atoms with E-state index in [2.05, 4.69) is 20.7 Å². The lowest BCUT2D eigenvalue weighted by Crippen LogP contribution is -2.10. The van der Waals surface area contributed by atoms with Gasteiger partial charge in [0.05, 0.1) is 18.1 Å². The number of hydrogen-bond acceptors (Lipinski definition) is 5. The molecule has 8 heteroatoms. The van der Waals surface area contributed by atoms with E-state index in [4.69, 9.17) is 5.84 Å². The Bertz CT molecular complexity index is 575. The molecule has 0 atom stereocenters. The summed E-state index contributed by atoms with van der Waals surface area (Å²) in [5.41, 5.74) is 1.99. The fraction of sp³-hybridized carbons (Fsp3) is 0. The molecule has 4 N–H and O–H groups in total. The van der Waals surface area contributed by atoms with E-state index in [0.717, 1.165) is 12.1 Å². The minimum absolute atomic E-state index is 0.135. The fourth-order valence-electron chi connectivity index (χ4n) is 1.26. The standard InChI is InChI=1S/C10H8F3N5/c11-5-1-2-6(10(13)9(5)12)16-7-3-15-4-8(17-7)18-14/h1-4H,14H2,(H2,16,17,18). The van der Waals surface area contributed by atoms with E-state index in [1.807, 2.05) is 0 Å². The fourth-order valence-corrected chi connectivity index (χ4v) is 1.26. The van der Waals surface area contributed by atoms with Crippen molar-refractivity contribution in [3.8, 4) is 0 Å². The Morgan fingerprint density at radius 1 is 1.00 bits per heavy atom. The van der Waals surface area contributed by atoms with Crippen molar-refractivity contribution in [3.63, 3.8) is 0 Å². The number of benzene rings is 1. The predicted octanol–water partition coefficient (Wildman–Crippen LogP) is 1.92. The van der Waals surface area contributed by atoms with Gasteiger partial charge in [-0.3, -0.25) is 4.98 Å². The molecule has 94 valence electrons. The minimum Gasteiger partial charge on any atom is -0.336 e. The van der Waals surface area contributed by atoms with Crippen molar-refractivity contribution in [1.82, 2.24) is 9.97 Å². The third kappa shape index (κ3) is 2.33. The molecular weight excluding hydrogens is 247 g/mol. The maximum Gasteiger partial charge on any atom is 0.196 e. The summed E-state index contributed by atoms with van der Waals surface area (Å²) in [5, 5.41) is 2.46. The van der Waals surface area contributed by atoms with E-state index in [1.165, 1.54) is 12.4 Å². The summed E-state index contributed by atoms with van der Waals surface area (Å²) < 4.78 is 39.1. The average molecular weight is 255 g/mol. The Hall–Kier alpha value is -2.35. The number of halogens is 3. The van der Waals surface area contributed by atoms with Crippen LogP contribution in [-0.2, 0) is 0 Å². The Labute approximate surface area is 99.8 Å². The predicted molar refractivity (Wildman–Crippen MR) is 59.4 cm³/mol. The van der Waals surface area contributed by atoms with Gasteiger partial charge in [0.2, 0.25) is 0 Å². The number of nitrogen functional groups attached to an aromatic ring is 1. The van der Waals surface area contributed by atoms with Gasteiger partial charge in [0.25, 0.3) is 0 Å². The molecule has 0 aliphatic rings. The molecule has 0 aliphatic carbocycles. The summed E-state index contributed by atoms with van der Waals surface area (Å²) in [6.07, 6.45) is 2.62. The lowest BCUT2D eigenvalue weighted by molar-refractivity contribution is 0.449. The molecule has 0 radical (unpaired) electrons. The Kier molecular flexibility index (Phi) is 3.28. The first-order valence-electron chi connectivity index (χ1n) is 4.81. The number of anilines is 3. The van der Waals surface area contributed by atoms with Gasteiger partial charge in [-0.2, -0.15) is 0 Å². The smallest absolute Gasteiger partial charge is 0.196 e. The molecule has 1 heterocycles. The first kappa shape index (κ1) is 12.1. The highest BCUT2D eigenvalue weighted by Gasteiger charge is 2.13. The summed E-state index contributed by atoms with van der Waals surface area (Å²) in [4.78, 5) is 7.65. The molecule has 2 rings (SSSR count). The van der Waals surface area contributed by atoms with Crippen LogP contribution in [0.2, 0.25) is 0 Å². The van der Waals surface area contributed by atoms with E-state index in [0.29, 0.717) is 0 Å². The minimum atomic E-state index is -1.55. The third-order valence-electron chi connectivity index (χ3n) is 2.08. The van der Waals surface area contributed by atoms with Gasteiger partial charge in [0.1, 0.15) is 0 Å². The Balaban J connectivity index is 2.31. The van der Waals surface area contributed by atoms with Crippen LogP contribution in [0.25, 0.3) is 0 Å². The molecule has 1 aromatic heterocycles. The van der Waals surface area contributed by atoms with Crippen LogP contribution in [-0.4, -0.2) is 9.97 Å². The van der Waals surface area contributed by atoms with Crippen molar-refractivity contribution in [3.05, 3.63) is 42.0 Å². The van der Waals surface area contributed by atoms with Crippen molar-refractivity contribution in [1.29, 1.82) is 0 Å². The number of aromatic nitrogens is 2. The van der Waals surface area contributed by atoms with E-state index in [-0.39, 0.29) is 17.3 Å². The van der Waals surface area contributed by atoms with Gasteiger partial charge in [-0.1, -0.05) is 0 Å². The average Bonchev–Trinajstić information content (AvgIpc) is 2.40. The SMILES string of the molecule is NNc1cncc(Nc2ccc(F)c(F)c2F)n1. The summed E-state index contributed by atoms with van der Waals surface area (Å²) in [7, 11) is 0. The van der Waals surface area contributed by atoms with Crippen LogP contribution < -0.4 is 16.6 Å².